The quantitative estimate of drug-likeness (QED) is 0.273. The van der Waals surface area contributed by atoms with Crippen LogP contribution in [0, 0.1) is 0 Å². The molecule has 19 heavy (non-hydrogen) atoms. The van der Waals surface area contributed by atoms with Crippen LogP contribution in [-0.4, -0.2) is 54.9 Å². The average Bonchev–Trinajstić information content (AvgIpc) is 2.39. The summed E-state index contributed by atoms with van der Waals surface area (Å²) in [6.45, 7) is 1.11. The number of ketones is 1. The number of hydrogen-bond acceptors (Lipinski definition) is 5. The van der Waals surface area contributed by atoms with E-state index in [2.05, 4.69) is 19.6 Å². The van der Waals surface area contributed by atoms with Gasteiger partial charge in [0.2, 0.25) is 11.7 Å². The second-order valence-corrected chi connectivity index (χ2v) is 3.49. The smallest absolute Gasteiger partial charge is 0.328 e. The molecule has 0 heterocycles. The maximum atomic E-state index is 11.9. The topological polar surface area (TPSA) is 118 Å². The zero-order valence-corrected chi connectivity index (χ0v) is 10.1. The number of nitrogens with zero attached hydrogens (tertiary/aromatic N) is 2. The Kier molecular flexibility index (Phi) is 4.22. The summed E-state index contributed by atoms with van der Waals surface area (Å²) < 4.78 is 50.0. The maximum absolute atomic E-state index is 11.9. The lowest BCUT2D eigenvalue weighted by molar-refractivity contribution is -0.146. The van der Waals surface area contributed by atoms with E-state index in [1.54, 1.807) is 0 Å². The van der Waals surface area contributed by atoms with Crippen molar-refractivity contribution in [2.75, 3.05) is 14.1 Å². The lowest BCUT2D eigenvalue weighted by Gasteiger charge is -2.17. The van der Waals surface area contributed by atoms with Gasteiger partial charge >= 0.3 is 12.2 Å². The molecule has 0 bridgehead atoms. The highest BCUT2D eigenvalue weighted by Crippen LogP contribution is 2.01. The number of nitrogens with one attached hydrogen (secondary N) is 1. The van der Waals surface area contributed by atoms with Crippen molar-refractivity contribution in [1.29, 1.82) is 0 Å². The Morgan fingerprint density at radius 3 is 2.79 bits per heavy atom. The fraction of sp³-hybridized carbons (Fsp3) is 0.636. The van der Waals surface area contributed by atoms with E-state index in [1.165, 1.54) is 0 Å². The molecule has 0 aromatic carbocycles. The molecule has 0 aliphatic heterocycles. The average molecular weight is 277 g/mol. The lowest BCUT2D eigenvalue weighted by Crippen LogP contribution is -2.45. The number of hydrogen-bond donors (Lipinski definition) is 1. The van der Waals surface area contributed by atoms with Crippen molar-refractivity contribution in [3.63, 3.8) is 0 Å². The Labute approximate surface area is 119 Å². The van der Waals surface area contributed by atoms with E-state index in [-0.39, 0.29) is 12.8 Å². The molecule has 0 spiro atoms. The van der Waals surface area contributed by atoms with Crippen LogP contribution in [0.25, 0.3) is 5.53 Å². The monoisotopic (exact) mass is 277 g/mol. The standard InChI is InChI=1S/C11H17N3O5/c1-7(18-2)10(16)14-9(11(17)19-3)5-4-8(15)6-13-12/h6-7,9H,4-5H2,1-3H3,(H,14,16)/t7-,9-/m0/s1/i2D3,3D3. The first-order chi connectivity index (χ1) is 11.2. The molecule has 1 N–H and O–H groups in total. The molecule has 8 heteroatoms. The summed E-state index contributed by atoms with van der Waals surface area (Å²) in [6, 6.07) is -1.55. The van der Waals surface area contributed by atoms with Gasteiger partial charge in [-0.1, -0.05) is 0 Å². The number of esters is 1. The van der Waals surface area contributed by atoms with Crippen molar-refractivity contribution in [2.45, 2.75) is 31.9 Å². The molecule has 0 unspecified atom stereocenters. The van der Waals surface area contributed by atoms with Crippen LogP contribution in [0.1, 0.15) is 28.0 Å². The first kappa shape index (κ1) is 8.95. The van der Waals surface area contributed by atoms with Gasteiger partial charge in [-0.3, -0.25) is 9.59 Å². The van der Waals surface area contributed by atoms with Gasteiger partial charge in [0.05, 0.1) is 15.3 Å². The molecule has 1 amide bonds. The Morgan fingerprint density at radius 1 is 1.47 bits per heavy atom. The Balaban J connectivity index is 5.04. The van der Waals surface area contributed by atoms with Crippen molar-refractivity contribution >= 4 is 23.9 Å². The molecule has 0 aromatic heterocycles. The van der Waals surface area contributed by atoms with Crippen LogP contribution >= 0.6 is 0 Å². The zero-order chi connectivity index (χ0) is 19.8. The van der Waals surface area contributed by atoms with Crippen LogP contribution in [0.3, 0.4) is 0 Å². The highest BCUT2D eigenvalue weighted by molar-refractivity contribution is 6.25. The van der Waals surface area contributed by atoms with Gasteiger partial charge in [-0.15, -0.1) is 0 Å². The molecular weight excluding hydrogens is 254 g/mol. The molecule has 2 atom stereocenters. The summed E-state index contributed by atoms with van der Waals surface area (Å²) in [6.07, 6.45) is -1.66. The minimum absolute atomic E-state index is 0.369. The number of amides is 1. The maximum Gasteiger partial charge on any atom is 0.328 e. The molecule has 0 rings (SSSR count). The normalized spacial score (nSPS) is 18.8. The van der Waals surface area contributed by atoms with E-state index in [4.69, 9.17) is 13.8 Å². The van der Waals surface area contributed by atoms with Crippen molar-refractivity contribution in [1.82, 2.24) is 5.32 Å². The lowest BCUT2D eigenvalue weighted by atomic mass is 10.1. The minimum Gasteiger partial charge on any atom is -0.467 e. The summed E-state index contributed by atoms with van der Waals surface area (Å²) in [5.74, 6) is -3.06. The van der Waals surface area contributed by atoms with Gasteiger partial charge in [-0.25, -0.2) is 4.79 Å². The third-order valence-corrected chi connectivity index (χ3v) is 2.13. The van der Waals surface area contributed by atoms with Crippen molar-refractivity contribution < 1.29 is 36.9 Å². The molecule has 0 radical (unpaired) electrons. The van der Waals surface area contributed by atoms with Gasteiger partial charge < -0.3 is 20.3 Å². The first-order valence-electron chi connectivity index (χ1n) is 8.16. The molecule has 0 saturated carbocycles. The van der Waals surface area contributed by atoms with E-state index >= 15 is 0 Å². The Hall–Kier alpha value is -2.05. The van der Waals surface area contributed by atoms with Gasteiger partial charge in [0.25, 0.3) is 0 Å². The second kappa shape index (κ2) is 8.96. The van der Waals surface area contributed by atoms with Crippen LogP contribution in [-0.2, 0) is 23.9 Å². The SMILES string of the molecule is [2H]C([2H])([2H])OC(=O)[C@H](CCC(=O)C=[N+]=[N-])NC(=O)[C@H](C)OC([2H])([2H])[2H]. The van der Waals surface area contributed by atoms with Crippen molar-refractivity contribution in [3.8, 4) is 0 Å². The van der Waals surface area contributed by atoms with Gasteiger partial charge in [-0.05, 0) is 13.3 Å². The molecule has 0 fully saturated rings. The number of carbonyl (C=O) groups excluding carboxylic acids is 3. The summed E-state index contributed by atoms with van der Waals surface area (Å²) >= 11 is 0. The molecule has 0 aliphatic rings. The van der Waals surface area contributed by atoms with Crippen LogP contribution in [0.4, 0.5) is 0 Å². The van der Waals surface area contributed by atoms with Crippen LogP contribution in [0.5, 0.6) is 0 Å². The summed E-state index contributed by atoms with van der Waals surface area (Å²) in [4.78, 5) is 37.5. The van der Waals surface area contributed by atoms with E-state index in [0.29, 0.717) is 6.21 Å². The second-order valence-electron chi connectivity index (χ2n) is 3.49. The van der Waals surface area contributed by atoms with Gasteiger partial charge in [0.15, 0.2) is 0 Å². The molecule has 8 nitrogen and oxygen atoms in total. The third kappa shape index (κ3) is 6.44. The molecule has 0 saturated heterocycles. The Bertz CT molecular complexity index is 555. The highest BCUT2D eigenvalue weighted by Gasteiger charge is 2.24. The van der Waals surface area contributed by atoms with Crippen LogP contribution in [0.15, 0.2) is 0 Å². The Morgan fingerprint density at radius 2 is 2.21 bits per heavy atom. The first-order valence-corrected chi connectivity index (χ1v) is 5.16. The van der Waals surface area contributed by atoms with Gasteiger partial charge in [0, 0.05) is 13.5 Å². The number of ether oxygens (including phenoxy) is 2. The fourth-order valence-electron chi connectivity index (χ4n) is 1.08. The predicted molar refractivity (Wildman–Crippen MR) is 64.3 cm³/mol. The minimum atomic E-state index is -3.07. The molecule has 0 aromatic rings. The number of rotatable bonds is 8. The molecule has 0 aliphatic carbocycles. The van der Waals surface area contributed by atoms with E-state index in [1.807, 2.05) is 0 Å². The number of methoxy groups -OCH3 is 2. The van der Waals surface area contributed by atoms with Crippen LogP contribution < -0.4 is 5.32 Å². The largest absolute Gasteiger partial charge is 0.467 e. The number of carbonyl (C=O) groups is 3. The van der Waals surface area contributed by atoms with E-state index in [0.717, 1.165) is 6.92 Å². The summed E-state index contributed by atoms with van der Waals surface area (Å²) in [5, 5.41) is 2.06. The summed E-state index contributed by atoms with van der Waals surface area (Å²) in [7, 11) is -5.93. The zero-order valence-electron chi connectivity index (χ0n) is 16.1. The fourth-order valence-corrected chi connectivity index (χ4v) is 1.08. The van der Waals surface area contributed by atoms with Gasteiger partial charge in [-0.2, -0.15) is 4.79 Å². The molecule has 106 valence electrons. The van der Waals surface area contributed by atoms with Crippen molar-refractivity contribution in [3.05, 3.63) is 5.53 Å². The number of Topliss-reactive ketones (excluding diaryl/α,β-unsaturated/α-hetero) is 1. The van der Waals surface area contributed by atoms with Gasteiger partial charge in [0.1, 0.15) is 12.1 Å². The predicted octanol–water partition coefficient (Wildman–Crippen LogP) is -0.671. The highest BCUT2D eigenvalue weighted by atomic mass is 16.5. The summed E-state index contributed by atoms with van der Waals surface area (Å²) in [5.41, 5.74) is 8.23. The van der Waals surface area contributed by atoms with E-state index in [9.17, 15) is 14.4 Å². The third-order valence-electron chi connectivity index (χ3n) is 2.13. The van der Waals surface area contributed by atoms with Crippen LogP contribution in [0.2, 0.25) is 0 Å². The van der Waals surface area contributed by atoms with E-state index < -0.39 is 43.9 Å². The molecular formula is C11H17N3O5. The van der Waals surface area contributed by atoms with Crippen molar-refractivity contribution in [2.24, 2.45) is 0 Å².